The Labute approximate surface area is 168 Å². The highest BCUT2D eigenvalue weighted by Gasteiger charge is 2.00. The van der Waals surface area contributed by atoms with Gasteiger partial charge in [0.25, 0.3) is 0 Å². The van der Waals surface area contributed by atoms with Crippen LogP contribution in [0.25, 0.3) is 11.4 Å². The number of nitrogens with zero attached hydrogens (tertiary/aromatic N) is 3. The van der Waals surface area contributed by atoms with Crippen molar-refractivity contribution in [2.75, 3.05) is 5.73 Å². The molecule has 1 aromatic heterocycles. The van der Waals surface area contributed by atoms with Gasteiger partial charge in [0.05, 0.1) is 5.71 Å². The summed E-state index contributed by atoms with van der Waals surface area (Å²) in [5.41, 5.74) is 6.95. The first-order valence-corrected chi connectivity index (χ1v) is 8.55. The topological polar surface area (TPSA) is 97.6 Å². The van der Waals surface area contributed by atoms with Crippen LogP contribution in [0.5, 0.6) is 0 Å². The van der Waals surface area contributed by atoms with Gasteiger partial charge in [-0.15, -0.1) is 0 Å². The monoisotopic (exact) mass is 401 g/mol. The lowest BCUT2D eigenvalue weighted by Gasteiger charge is -1.93. The second-order valence-electron chi connectivity index (χ2n) is 5.53. The number of benzene rings is 2. The zero-order valence-electron chi connectivity index (χ0n) is 16.4. The average molecular weight is 401 g/mol. The number of anilines is 1. The number of nitrogens with one attached hydrogen (secondary N) is 1. The van der Waals surface area contributed by atoms with E-state index < -0.39 is 0 Å². The van der Waals surface area contributed by atoms with Gasteiger partial charge in [-0.3, -0.25) is 14.2 Å². The van der Waals surface area contributed by atoms with Crippen molar-refractivity contribution in [1.82, 2.24) is 14.8 Å². The number of hydrogen-bond donors (Lipinski definition) is 2. The van der Waals surface area contributed by atoms with Crippen LogP contribution in [0, 0.1) is 11.2 Å². The van der Waals surface area contributed by atoms with E-state index in [0.717, 1.165) is 24.0 Å². The average Bonchev–Trinajstić information content (AvgIpc) is 3.20. The number of carbonyl (C=O) groups is 1. The van der Waals surface area contributed by atoms with E-state index in [1.54, 1.807) is 6.33 Å². The van der Waals surface area contributed by atoms with Crippen molar-refractivity contribution in [3.63, 3.8) is 0 Å². The lowest BCUT2D eigenvalue weighted by Crippen LogP contribution is -2.02. The molecule has 0 fully saturated rings. The minimum atomic E-state index is -0.306. The molecule has 154 valence electrons. The van der Waals surface area contributed by atoms with Crippen molar-refractivity contribution in [3.8, 4) is 11.4 Å². The Kier molecular flexibility index (Phi) is 11.8. The molecule has 3 rings (SSSR count). The number of halogens is 2. The lowest BCUT2D eigenvalue weighted by molar-refractivity contribution is -0.108. The predicted octanol–water partition coefficient (Wildman–Crippen LogP) is 4.31. The Hall–Kier alpha value is -3.68. The third kappa shape index (κ3) is 9.71. The molecule has 2 aromatic carbocycles. The van der Waals surface area contributed by atoms with E-state index in [1.807, 2.05) is 41.9 Å². The van der Waals surface area contributed by atoms with E-state index in [4.69, 9.17) is 11.1 Å². The summed E-state index contributed by atoms with van der Waals surface area (Å²) in [6, 6.07) is 15.7. The van der Waals surface area contributed by atoms with Gasteiger partial charge in [0.2, 0.25) is 0 Å². The van der Waals surface area contributed by atoms with E-state index in [-0.39, 0.29) is 22.0 Å². The van der Waals surface area contributed by atoms with Crippen LogP contribution < -0.4 is 5.73 Å². The van der Waals surface area contributed by atoms with E-state index in [9.17, 15) is 9.18 Å². The molecule has 3 N–H and O–H groups in total. The number of rotatable bonds is 4. The van der Waals surface area contributed by atoms with Gasteiger partial charge in [0.15, 0.2) is 11.6 Å². The van der Waals surface area contributed by atoms with Crippen molar-refractivity contribution in [3.05, 3.63) is 79.4 Å². The van der Waals surface area contributed by atoms with Crippen LogP contribution in [0.1, 0.15) is 13.8 Å². The molecule has 8 heteroatoms. The molecule has 0 saturated heterocycles. The van der Waals surface area contributed by atoms with Gasteiger partial charge in [-0.25, -0.2) is 9.37 Å². The molecule has 0 spiro atoms. The summed E-state index contributed by atoms with van der Waals surface area (Å²) >= 11 is 0. The van der Waals surface area contributed by atoms with Gasteiger partial charge in [-0.2, -0.15) is 5.10 Å². The first-order valence-electron chi connectivity index (χ1n) is 8.55. The molecule has 0 radical (unpaired) electrons. The number of ketones is 1. The highest BCUT2D eigenvalue weighted by atomic mass is 19.1. The second-order valence-corrected chi connectivity index (χ2v) is 5.53. The number of carbonyl (C=O) groups excluding carboxylic acids is 1. The molecule has 0 amide bonds. The van der Waals surface area contributed by atoms with Crippen LogP contribution in [0.3, 0.4) is 0 Å². The maximum Gasteiger partial charge on any atom is 0.198 e. The highest BCUT2D eigenvalue weighted by molar-refractivity contribution is 6.41. The molecule has 0 aliphatic rings. The third-order valence-corrected chi connectivity index (χ3v) is 3.32. The second kappa shape index (κ2) is 13.5. The van der Waals surface area contributed by atoms with Crippen molar-refractivity contribution in [2.24, 2.45) is 0 Å². The quantitative estimate of drug-likeness (QED) is 0.387. The molecule has 0 unspecified atom stereocenters. The van der Waals surface area contributed by atoms with E-state index >= 15 is 0 Å². The number of nitrogens with two attached hydrogens (primary N) is 1. The molecule has 0 saturated carbocycles. The summed E-state index contributed by atoms with van der Waals surface area (Å²) < 4.78 is 13.9. The molecule has 0 aliphatic heterocycles. The normalized spacial score (nSPS) is 8.93. The summed E-state index contributed by atoms with van der Waals surface area (Å²) in [7, 11) is 0. The maximum atomic E-state index is 12.0. The van der Waals surface area contributed by atoms with Crippen molar-refractivity contribution in [1.29, 1.82) is 5.41 Å². The van der Waals surface area contributed by atoms with Gasteiger partial charge >= 0.3 is 0 Å². The van der Waals surface area contributed by atoms with Crippen LogP contribution in [0.4, 0.5) is 14.8 Å². The molecule has 29 heavy (non-hydrogen) atoms. The Morgan fingerprint density at radius 1 is 1.21 bits per heavy atom. The minimum absolute atomic E-state index is 0. The number of aryl methyl sites for hydroxylation is 1. The van der Waals surface area contributed by atoms with E-state index in [1.165, 1.54) is 31.2 Å². The number of allylic oxidation sites excluding steroid dienone is 1. The van der Waals surface area contributed by atoms with Gasteiger partial charge in [-0.1, -0.05) is 36.9 Å². The fraction of sp³-hybridized carbons (Fsp3) is 0.143. The molecular weight excluding hydrogens is 376 g/mol. The number of hydrogen-bond acceptors (Lipinski definition) is 5. The van der Waals surface area contributed by atoms with Crippen molar-refractivity contribution < 1.29 is 13.9 Å². The van der Waals surface area contributed by atoms with Crippen LogP contribution in [0.15, 0.2) is 73.6 Å². The Morgan fingerprint density at radius 3 is 2.17 bits per heavy atom. The number of aromatic nitrogens is 3. The van der Waals surface area contributed by atoms with Crippen LogP contribution in [0.2, 0.25) is 0 Å². The fourth-order valence-corrected chi connectivity index (χ4v) is 1.78. The molecule has 0 aliphatic carbocycles. The first kappa shape index (κ1) is 25.3. The summed E-state index contributed by atoms with van der Waals surface area (Å²) in [5.74, 6) is 0.238. The van der Waals surface area contributed by atoms with Gasteiger partial charge in [0.1, 0.15) is 12.1 Å². The highest BCUT2D eigenvalue weighted by Crippen LogP contribution is 2.12. The molecule has 0 atom stereocenters. The van der Waals surface area contributed by atoms with Crippen LogP contribution in [-0.2, 0) is 11.3 Å². The van der Waals surface area contributed by atoms with Gasteiger partial charge in [-0.05, 0) is 44.2 Å². The smallest absolute Gasteiger partial charge is 0.198 e. The SMILES string of the molecule is C=CC(=O)C(C)=N.CCn1cnc(-c2ccccc2)n1.F.Nc1ccc(F)cc1. The lowest BCUT2D eigenvalue weighted by atomic mass is 10.2. The Morgan fingerprint density at radius 2 is 1.79 bits per heavy atom. The van der Waals surface area contributed by atoms with Crippen molar-refractivity contribution >= 4 is 17.2 Å². The summed E-state index contributed by atoms with van der Waals surface area (Å²) in [6.07, 6.45) is 2.88. The maximum absolute atomic E-state index is 12.0. The van der Waals surface area contributed by atoms with Crippen LogP contribution >= 0.6 is 0 Å². The largest absolute Gasteiger partial charge is 0.399 e. The zero-order valence-corrected chi connectivity index (χ0v) is 16.4. The summed E-state index contributed by atoms with van der Waals surface area (Å²) in [5, 5.41) is 11.0. The van der Waals surface area contributed by atoms with E-state index in [0.29, 0.717) is 5.69 Å². The Balaban J connectivity index is 0.000000428. The molecule has 1 heterocycles. The van der Waals surface area contributed by atoms with Crippen molar-refractivity contribution in [2.45, 2.75) is 20.4 Å². The molecule has 6 nitrogen and oxygen atoms in total. The van der Waals surface area contributed by atoms with Crippen LogP contribution in [-0.4, -0.2) is 26.3 Å². The van der Waals surface area contributed by atoms with Gasteiger partial charge in [0, 0.05) is 17.8 Å². The molecular formula is C21H25F2N5O. The fourth-order valence-electron chi connectivity index (χ4n) is 1.78. The minimum Gasteiger partial charge on any atom is -0.399 e. The van der Waals surface area contributed by atoms with E-state index in [2.05, 4.69) is 16.7 Å². The molecule has 0 bridgehead atoms. The van der Waals surface area contributed by atoms with Gasteiger partial charge < -0.3 is 11.1 Å². The number of nitrogen functional groups attached to an aromatic ring is 1. The first-order chi connectivity index (χ1) is 13.4. The zero-order chi connectivity index (χ0) is 20.9. The molecule has 3 aromatic rings. The standard InChI is InChI=1S/C10H11N3.C6H6FN.C5H7NO.FH/c1-2-13-8-11-10(12-13)9-6-4-3-5-7-9;7-5-1-3-6(8)4-2-5;1-3-5(7)4(2)6;/h3-8H,2H2,1H3;1-4H,8H2;3,6H,1H2,2H3;1H. The predicted molar refractivity (Wildman–Crippen MR) is 113 cm³/mol. The summed E-state index contributed by atoms with van der Waals surface area (Å²) in [6.45, 7) is 7.53. The third-order valence-electron chi connectivity index (χ3n) is 3.32. The Bertz CT molecular complexity index is 872. The summed E-state index contributed by atoms with van der Waals surface area (Å²) in [4.78, 5) is 14.4.